The van der Waals surface area contributed by atoms with Crippen molar-refractivity contribution < 1.29 is 26.9 Å². The van der Waals surface area contributed by atoms with Crippen LogP contribution in [-0.2, 0) is 25.6 Å². The van der Waals surface area contributed by atoms with Gasteiger partial charge < -0.3 is 10.5 Å². The number of amides is 1. The summed E-state index contributed by atoms with van der Waals surface area (Å²) in [5.74, 6) is -1.57. The van der Waals surface area contributed by atoms with E-state index in [4.69, 9.17) is 10.5 Å². The second-order valence-corrected chi connectivity index (χ2v) is 5.79. The summed E-state index contributed by atoms with van der Waals surface area (Å²) in [4.78, 5) is 23.3. The summed E-state index contributed by atoms with van der Waals surface area (Å²) < 4.78 is 32.3. The van der Waals surface area contributed by atoms with Crippen LogP contribution in [0.3, 0.4) is 0 Å². The molecule has 1 heterocycles. The normalized spacial score (nSPS) is 11.4. The molecule has 0 atom stereocenters. The lowest BCUT2D eigenvalue weighted by Gasteiger charge is -2.06. The van der Waals surface area contributed by atoms with Gasteiger partial charge in [0.1, 0.15) is 11.3 Å². The second-order valence-electron chi connectivity index (χ2n) is 4.14. The zero-order valence-electron chi connectivity index (χ0n) is 12.0. The summed E-state index contributed by atoms with van der Waals surface area (Å²) >= 11 is 0. The maximum absolute atomic E-state index is 11.8. The molecule has 1 amide bonds. The predicted molar refractivity (Wildman–Crippen MR) is 72.2 cm³/mol. The molecule has 0 fully saturated rings. The Bertz CT molecular complexity index is 649. The van der Waals surface area contributed by atoms with Crippen LogP contribution in [0.2, 0.25) is 0 Å². The first-order chi connectivity index (χ1) is 9.67. The van der Waals surface area contributed by atoms with Crippen LogP contribution < -0.4 is 5.73 Å². The number of aromatic nitrogens is 2. The topological polar surface area (TPSA) is 131 Å². The van der Waals surface area contributed by atoms with Gasteiger partial charge in [-0.3, -0.25) is 13.7 Å². The Kier molecular flexibility index (Phi) is 5.44. The number of esters is 1. The number of carbonyl (C=O) groups is 2. The van der Waals surface area contributed by atoms with Gasteiger partial charge in [0.25, 0.3) is 16.0 Å². The quantitative estimate of drug-likeness (QED) is 0.526. The van der Waals surface area contributed by atoms with Crippen LogP contribution in [0, 0.1) is 6.92 Å². The molecule has 0 bridgehead atoms. The minimum absolute atomic E-state index is 0.0243. The third-order valence-electron chi connectivity index (χ3n) is 2.44. The lowest BCUT2D eigenvalue weighted by molar-refractivity contribution is 0.0521. The van der Waals surface area contributed by atoms with E-state index in [9.17, 15) is 18.0 Å². The van der Waals surface area contributed by atoms with E-state index in [0.717, 1.165) is 10.9 Å². The summed E-state index contributed by atoms with van der Waals surface area (Å²) in [7, 11) is -3.60. The van der Waals surface area contributed by atoms with Crippen molar-refractivity contribution in [2.24, 2.45) is 5.73 Å². The van der Waals surface area contributed by atoms with Crippen LogP contribution >= 0.6 is 0 Å². The summed E-state index contributed by atoms with van der Waals surface area (Å²) in [6.07, 6.45) is 0.903. The number of hydrogen-bond acceptors (Lipinski definition) is 7. The maximum atomic E-state index is 11.8. The average molecular weight is 319 g/mol. The monoisotopic (exact) mass is 319 g/mol. The van der Waals surface area contributed by atoms with Crippen molar-refractivity contribution in [1.29, 1.82) is 0 Å². The molecule has 2 N–H and O–H groups in total. The van der Waals surface area contributed by atoms with Crippen molar-refractivity contribution in [3.8, 4) is 0 Å². The fraction of sp³-hybridized carbons (Fsp3) is 0.545. The maximum Gasteiger partial charge on any atom is 0.342 e. The number of rotatable bonds is 7. The predicted octanol–water partition coefficient (Wildman–Crippen LogP) is -0.557. The first-order valence-electron chi connectivity index (χ1n) is 6.06. The van der Waals surface area contributed by atoms with Crippen molar-refractivity contribution in [3.05, 3.63) is 17.0 Å². The van der Waals surface area contributed by atoms with Gasteiger partial charge in [0, 0.05) is 0 Å². The van der Waals surface area contributed by atoms with Crippen LogP contribution in [0.1, 0.15) is 33.5 Å². The fourth-order valence-electron chi connectivity index (χ4n) is 1.72. The van der Waals surface area contributed by atoms with Crippen molar-refractivity contribution in [2.45, 2.75) is 20.4 Å². The molecular formula is C11H17N3O6S. The van der Waals surface area contributed by atoms with Crippen molar-refractivity contribution in [3.63, 3.8) is 0 Å². The Hall–Kier alpha value is -1.94. The van der Waals surface area contributed by atoms with E-state index < -0.39 is 22.0 Å². The van der Waals surface area contributed by atoms with Crippen LogP contribution in [-0.4, -0.2) is 49.5 Å². The Balaban J connectivity index is 3.08. The molecule has 1 rings (SSSR count). The molecule has 0 aliphatic rings. The number of nitrogens with zero attached hydrogens (tertiary/aromatic N) is 2. The lowest BCUT2D eigenvalue weighted by atomic mass is 10.2. The second kappa shape index (κ2) is 6.68. The largest absolute Gasteiger partial charge is 0.462 e. The van der Waals surface area contributed by atoms with Gasteiger partial charge in [-0.05, 0) is 13.8 Å². The average Bonchev–Trinajstić information content (AvgIpc) is 2.64. The molecule has 0 unspecified atom stereocenters. The van der Waals surface area contributed by atoms with Crippen molar-refractivity contribution in [1.82, 2.24) is 9.78 Å². The lowest BCUT2D eigenvalue weighted by Crippen LogP contribution is -2.23. The van der Waals surface area contributed by atoms with E-state index >= 15 is 0 Å². The molecule has 0 radical (unpaired) electrons. The third kappa shape index (κ3) is 4.53. The Morgan fingerprint density at radius 3 is 2.48 bits per heavy atom. The van der Waals surface area contributed by atoms with E-state index in [2.05, 4.69) is 9.28 Å². The van der Waals surface area contributed by atoms with Crippen LogP contribution in [0.4, 0.5) is 0 Å². The van der Waals surface area contributed by atoms with E-state index in [-0.39, 0.29) is 36.7 Å². The van der Waals surface area contributed by atoms with Crippen molar-refractivity contribution >= 4 is 22.0 Å². The molecule has 0 saturated carbocycles. The fourth-order valence-corrected chi connectivity index (χ4v) is 2.09. The minimum Gasteiger partial charge on any atom is -0.462 e. The third-order valence-corrected chi connectivity index (χ3v) is 3.04. The molecular weight excluding hydrogens is 302 g/mol. The number of carbonyl (C=O) groups excluding carboxylic acids is 2. The van der Waals surface area contributed by atoms with Gasteiger partial charge >= 0.3 is 5.97 Å². The highest BCUT2D eigenvalue weighted by Crippen LogP contribution is 2.15. The van der Waals surface area contributed by atoms with E-state index in [1.54, 1.807) is 6.92 Å². The van der Waals surface area contributed by atoms with Gasteiger partial charge in [0.05, 0.1) is 31.7 Å². The molecule has 0 aliphatic carbocycles. The van der Waals surface area contributed by atoms with E-state index in [1.165, 1.54) is 6.92 Å². The first-order valence-corrected chi connectivity index (χ1v) is 7.87. The molecule has 0 aromatic carbocycles. The molecule has 0 saturated heterocycles. The molecule has 1 aromatic rings. The van der Waals surface area contributed by atoms with E-state index in [1.807, 2.05) is 0 Å². The smallest absolute Gasteiger partial charge is 0.342 e. The number of aryl methyl sites for hydroxylation is 1. The standard InChI is InChI=1S/C11H17N3O6S/c1-4-19-11(16)8-7(2)13-14(9(8)10(12)15)5-6-20-21(3,17)18/h4-6H2,1-3H3,(H2,12,15). The zero-order valence-corrected chi connectivity index (χ0v) is 12.8. The zero-order chi connectivity index (χ0) is 16.2. The minimum atomic E-state index is -3.60. The number of primary amides is 1. The highest BCUT2D eigenvalue weighted by molar-refractivity contribution is 7.85. The Morgan fingerprint density at radius 2 is 2.00 bits per heavy atom. The molecule has 9 nitrogen and oxygen atoms in total. The van der Waals surface area contributed by atoms with Gasteiger partial charge in [-0.1, -0.05) is 0 Å². The van der Waals surface area contributed by atoms with Crippen LogP contribution in [0.25, 0.3) is 0 Å². The molecule has 0 aliphatic heterocycles. The number of hydrogen-bond donors (Lipinski definition) is 1. The number of nitrogens with two attached hydrogens (primary N) is 1. The SMILES string of the molecule is CCOC(=O)c1c(C)nn(CCOS(C)(=O)=O)c1C(N)=O. The first kappa shape index (κ1) is 17.1. The van der Waals surface area contributed by atoms with Crippen molar-refractivity contribution in [2.75, 3.05) is 19.5 Å². The van der Waals surface area contributed by atoms with Gasteiger partial charge in [0.15, 0.2) is 0 Å². The summed E-state index contributed by atoms with van der Waals surface area (Å²) in [6, 6.07) is 0. The highest BCUT2D eigenvalue weighted by Gasteiger charge is 2.26. The van der Waals surface area contributed by atoms with Crippen LogP contribution in [0.5, 0.6) is 0 Å². The molecule has 1 aromatic heterocycles. The highest BCUT2D eigenvalue weighted by atomic mass is 32.2. The Morgan fingerprint density at radius 1 is 1.38 bits per heavy atom. The number of ether oxygens (including phenoxy) is 1. The van der Waals surface area contributed by atoms with E-state index in [0.29, 0.717) is 0 Å². The Labute approximate surface area is 122 Å². The molecule has 0 spiro atoms. The van der Waals surface area contributed by atoms with Gasteiger partial charge in [-0.25, -0.2) is 4.79 Å². The molecule has 21 heavy (non-hydrogen) atoms. The molecule has 10 heteroatoms. The van der Waals surface area contributed by atoms with Crippen LogP contribution in [0.15, 0.2) is 0 Å². The summed E-state index contributed by atoms with van der Waals surface area (Å²) in [6.45, 7) is 3.00. The van der Waals surface area contributed by atoms with Gasteiger partial charge in [0.2, 0.25) is 0 Å². The summed E-state index contributed by atoms with van der Waals surface area (Å²) in [5, 5.41) is 3.99. The summed E-state index contributed by atoms with van der Waals surface area (Å²) in [5.41, 5.74) is 5.36. The van der Waals surface area contributed by atoms with Gasteiger partial charge in [-0.2, -0.15) is 13.5 Å². The molecule has 118 valence electrons. The van der Waals surface area contributed by atoms with Gasteiger partial charge in [-0.15, -0.1) is 0 Å².